The fraction of sp³-hybridized carbons (Fsp3) is 0.267. The Morgan fingerprint density at radius 2 is 2.27 bits per heavy atom. The van der Waals surface area contributed by atoms with Gasteiger partial charge in [-0.1, -0.05) is 13.3 Å². The van der Waals surface area contributed by atoms with Crippen LogP contribution in [0.3, 0.4) is 0 Å². The van der Waals surface area contributed by atoms with Crippen LogP contribution in [0.25, 0.3) is 0 Å². The monoisotopic (exact) mass is 300 g/mol. The molecule has 0 aliphatic carbocycles. The fourth-order valence-corrected chi connectivity index (χ4v) is 2.23. The number of carbonyl (C=O) groups excluding carboxylic acids is 2. The summed E-state index contributed by atoms with van der Waals surface area (Å²) < 4.78 is 5.30. The first-order valence-corrected chi connectivity index (χ1v) is 7.08. The van der Waals surface area contributed by atoms with Gasteiger partial charge in [-0.15, -0.1) is 0 Å². The maximum absolute atomic E-state index is 12.2. The van der Waals surface area contributed by atoms with Crippen molar-refractivity contribution in [3.05, 3.63) is 35.5 Å². The molecule has 7 nitrogen and oxygen atoms in total. The number of aromatic amines is 1. The Balaban J connectivity index is 1.73. The van der Waals surface area contributed by atoms with E-state index in [1.54, 1.807) is 18.2 Å². The number of hydrogen-bond acceptors (Lipinski definition) is 4. The summed E-state index contributed by atoms with van der Waals surface area (Å²) >= 11 is 0. The van der Waals surface area contributed by atoms with E-state index in [1.165, 1.54) is 0 Å². The number of amides is 2. The van der Waals surface area contributed by atoms with E-state index in [1.807, 2.05) is 6.07 Å². The van der Waals surface area contributed by atoms with Crippen molar-refractivity contribution in [3.63, 3.8) is 0 Å². The highest BCUT2D eigenvalue weighted by Gasteiger charge is 2.18. The zero-order chi connectivity index (χ0) is 15.5. The quantitative estimate of drug-likeness (QED) is 0.804. The van der Waals surface area contributed by atoms with E-state index in [-0.39, 0.29) is 18.4 Å². The fourth-order valence-electron chi connectivity index (χ4n) is 2.23. The molecule has 0 spiro atoms. The summed E-state index contributed by atoms with van der Waals surface area (Å²) in [6.07, 6.45) is 1.89. The number of H-pyrrole nitrogens is 1. The number of carbonyl (C=O) groups is 2. The first kappa shape index (κ1) is 14.1. The third kappa shape index (κ3) is 2.93. The molecule has 3 N–H and O–H groups in total. The molecule has 0 unspecified atom stereocenters. The van der Waals surface area contributed by atoms with Gasteiger partial charge in [0, 0.05) is 17.3 Å². The second-order valence-corrected chi connectivity index (χ2v) is 5.03. The maximum atomic E-state index is 12.2. The Labute approximate surface area is 127 Å². The van der Waals surface area contributed by atoms with Gasteiger partial charge in [-0.2, -0.15) is 5.10 Å². The molecule has 1 aromatic heterocycles. The molecule has 2 heterocycles. The van der Waals surface area contributed by atoms with Crippen molar-refractivity contribution >= 4 is 23.3 Å². The van der Waals surface area contributed by atoms with E-state index in [9.17, 15) is 9.59 Å². The van der Waals surface area contributed by atoms with Crippen molar-refractivity contribution in [3.8, 4) is 5.75 Å². The lowest BCUT2D eigenvalue weighted by Crippen LogP contribution is -2.25. The van der Waals surface area contributed by atoms with E-state index in [0.717, 1.165) is 18.5 Å². The number of hydrogen-bond donors (Lipinski definition) is 3. The average Bonchev–Trinajstić information content (AvgIpc) is 2.94. The average molecular weight is 300 g/mol. The Hall–Kier alpha value is -2.83. The standard InChI is InChI=1S/C15H16N4O3/c1-2-3-10-7-13(19-18-10)17-15(21)9-4-5-11-12(6-9)22-8-14(20)16-11/h4-7H,2-3,8H2,1H3,(H,16,20)(H2,17,18,19,21). The molecule has 22 heavy (non-hydrogen) atoms. The Morgan fingerprint density at radius 3 is 3.09 bits per heavy atom. The molecule has 7 heteroatoms. The molecule has 0 saturated heterocycles. The van der Waals surface area contributed by atoms with Crippen LogP contribution >= 0.6 is 0 Å². The van der Waals surface area contributed by atoms with Crippen molar-refractivity contribution in [2.75, 3.05) is 17.2 Å². The topological polar surface area (TPSA) is 96.1 Å². The summed E-state index contributed by atoms with van der Waals surface area (Å²) in [6, 6.07) is 6.69. The summed E-state index contributed by atoms with van der Waals surface area (Å²) in [7, 11) is 0. The number of fused-ring (bicyclic) bond motifs is 1. The Bertz CT molecular complexity index is 723. The maximum Gasteiger partial charge on any atom is 0.262 e. The Kier molecular flexibility index (Phi) is 3.78. The number of anilines is 2. The highest BCUT2D eigenvalue weighted by molar-refractivity contribution is 6.05. The highest BCUT2D eigenvalue weighted by atomic mass is 16.5. The third-order valence-electron chi connectivity index (χ3n) is 3.27. The van der Waals surface area contributed by atoms with Crippen LogP contribution in [0.2, 0.25) is 0 Å². The minimum Gasteiger partial charge on any atom is -0.482 e. The molecule has 1 aromatic carbocycles. The molecule has 114 valence electrons. The lowest BCUT2D eigenvalue weighted by Gasteiger charge is -2.18. The van der Waals surface area contributed by atoms with Crippen molar-refractivity contribution < 1.29 is 14.3 Å². The van der Waals surface area contributed by atoms with Crippen LogP contribution in [-0.2, 0) is 11.2 Å². The summed E-state index contributed by atoms with van der Waals surface area (Å²) in [4.78, 5) is 23.4. The van der Waals surface area contributed by atoms with Gasteiger partial charge >= 0.3 is 0 Å². The summed E-state index contributed by atoms with van der Waals surface area (Å²) in [6.45, 7) is 2.03. The summed E-state index contributed by atoms with van der Waals surface area (Å²) in [5.74, 6) is 0.490. The van der Waals surface area contributed by atoms with E-state index < -0.39 is 0 Å². The molecular weight excluding hydrogens is 284 g/mol. The number of aromatic nitrogens is 2. The van der Waals surface area contributed by atoms with Gasteiger partial charge in [0.15, 0.2) is 12.4 Å². The van der Waals surface area contributed by atoms with Gasteiger partial charge in [-0.3, -0.25) is 14.7 Å². The molecule has 0 atom stereocenters. The summed E-state index contributed by atoms with van der Waals surface area (Å²) in [5, 5.41) is 12.3. The van der Waals surface area contributed by atoms with Crippen LogP contribution in [0.1, 0.15) is 29.4 Å². The van der Waals surface area contributed by atoms with Gasteiger partial charge in [0.2, 0.25) is 0 Å². The number of benzene rings is 1. The van der Waals surface area contributed by atoms with E-state index in [2.05, 4.69) is 27.8 Å². The molecule has 0 fully saturated rings. The lowest BCUT2D eigenvalue weighted by atomic mass is 10.1. The molecule has 2 amide bonds. The van der Waals surface area contributed by atoms with Crippen LogP contribution in [0.4, 0.5) is 11.5 Å². The zero-order valence-corrected chi connectivity index (χ0v) is 12.1. The molecule has 0 radical (unpaired) electrons. The third-order valence-corrected chi connectivity index (χ3v) is 3.27. The second-order valence-electron chi connectivity index (χ2n) is 5.03. The minimum absolute atomic E-state index is 0.0438. The number of nitrogens with one attached hydrogen (secondary N) is 3. The predicted octanol–water partition coefficient (Wildman–Crippen LogP) is 1.95. The van der Waals surface area contributed by atoms with Crippen LogP contribution in [0.15, 0.2) is 24.3 Å². The van der Waals surface area contributed by atoms with Gasteiger partial charge in [0.1, 0.15) is 5.75 Å². The number of ether oxygens (including phenoxy) is 1. The molecule has 2 aromatic rings. The Morgan fingerprint density at radius 1 is 1.41 bits per heavy atom. The van der Waals surface area contributed by atoms with Crippen molar-refractivity contribution in [1.29, 1.82) is 0 Å². The largest absolute Gasteiger partial charge is 0.482 e. The lowest BCUT2D eigenvalue weighted by molar-refractivity contribution is -0.118. The van der Waals surface area contributed by atoms with Crippen LogP contribution in [-0.4, -0.2) is 28.6 Å². The van der Waals surface area contributed by atoms with Gasteiger partial charge in [0.25, 0.3) is 11.8 Å². The molecule has 0 saturated carbocycles. The van der Waals surface area contributed by atoms with Crippen LogP contribution in [0.5, 0.6) is 5.75 Å². The van der Waals surface area contributed by atoms with Crippen molar-refractivity contribution in [2.24, 2.45) is 0 Å². The van der Waals surface area contributed by atoms with E-state index >= 15 is 0 Å². The molecule has 1 aliphatic rings. The van der Waals surface area contributed by atoms with Crippen LogP contribution in [0, 0.1) is 0 Å². The first-order valence-electron chi connectivity index (χ1n) is 7.08. The molecule has 0 bridgehead atoms. The second kappa shape index (κ2) is 5.88. The van der Waals surface area contributed by atoms with E-state index in [0.29, 0.717) is 22.8 Å². The smallest absolute Gasteiger partial charge is 0.262 e. The van der Waals surface area contributed by atoms with Gasteiger partial charge in [-0.05, 0) is 24.6 Å². The normalized spacial score (nSPS) is 13.0. The van der Waals surface area contributed by atoms with Gasteiger partial charge in [0.05, 0.1) is 5.69 Å². The molecule has 3 rings (SSSR count). The number of nitrogens with zero attached hydrogens (tertiary/aromatic N) is 1. The van der Waals surface area contributed by atoms with E-state index in [4.69, 9.17) is 4.74 Å². The van der Waals surface area contributed by atoms with Gasteiger partial charge < -0.3 is 15.4 Å². The minimum atomic E-state index is -0.280. The number of aryl methyl sites for hydroxylation is 1. The van der Waals surface area contributed by atoms with Crippen LogP contribution < -0.4 is 15.4 Å². The first-order chi connectivity index (χ1) is 10.7. The summed E-state index contributed by atoms with van der Waals surface area (Å²) in [5.41, 5.74) is 1.99. The number of rotatable bonds is 4. The zero-order valence-electron chi connectivity index (χ0n) is 12.1. The highest BCUT2D eigenvalue weighted by Crippen LogP contribution is 2.28. The molecular formula is C15H16N4O3. The molecule has 1 aliphatic heterocycles. The van der Waals surface area contributed by atoms with Gasteiger partial charge in [-0.25, -0.2) is 0 Å². The predicted molar refractivity (Wildman–Crippen MR) is 81.1 cm³/mol. The van der Waals surface area contributed by atoms with Crippen molar-refractivity contribution in [1.82, 2.24) is 10.2 Å². The SMILES string of the molecule is CCCc1cc(NC(=O)c2ccc3c(c2)OCC(=O)N3)n[nH]1. The van der Waals surface area contributed by atoms with Crippen molar-refractivity contribution in [2.45, 2.75) is 19.8 Å².